The molecule has 0 atom stereocenters. The van der Waals surface area contributed by atoms with Crippen LogP contribution in [-0.4, -0.2) is 44.1 Å². The average molecular weight is 492 g/mol. The molecule has 2 aromatic heterocycles. The second-order valence-electron chi connectivity index (χ2n) is 7.68. The molecule has 35 heavy (non-hydrogen) atoms. The Morgan fingerprint density at radius 3 is 2.51 bits per heavy atom. The number of nitrogen functional groups attached to an aromatic ring is 1. The summed E-state index contributed by atoms with van der Waals surface area (Å²) < 4.78 is 5.78. The number of nitrogens with one attached hydrogen (secondary N) is 3. The van der Waals surface area contributed by atoms with Crippen molar-refractivity contribution < 1.29 is 14.3 Å². The Kier molecular flexibility index (Phi) is 7.78. The molecule has 0 aliphatic carbocycles. The molecule has 2 amide bonds. The van der Waals surface area contributed by atoms with Crippen molar-refractivity contribution >= 4 is 47.2 Å². The Balaban J connectivity index is 1.24. The van der Waals surface area contributed by atoms with Gasteiger partial charge in [0, 0.05) is 30.6 Å². The number of nitrogens with zero attached hydrogens (tertiary/aromatic N) is 3. The standard InChI is InChI=1S/C24H25N7O3S/c25-24-30-21-20(27-14-28-21)23(31-24)34-11-9-15-1-3-16(4-2-15)13-26-22(33)17-5-7-18(8-6-17)29-19(32)10-12-35/h1-8,14,35H,9-13H2,(H,26,33)(H,29,32)(H3,25,27,28,30,31). The first-order valence-electron chi connectivity index (χ1n) is 11.0. The van der Waals surface area contributed by atoms with Crippen molar-refractivity contribution in [3.05, 3.63) is 71.5 Å². The number of rotatable bonds is 10. The van der Waals surface area contributed by atoms with Gasteiger partial charge in [-0.1, -0.05) is 24.3 Å². The number of anilines is 2. The molecule has 10 nitrogen and oxygen atoms in total. The molecule has 2 heterocycles. The topological polar surface area (TPSA) is 148 Å². The molecule has 0 unspecified atom stereocenters. The van der Waals surface area contributed by atoms with Crippen molar-refractivity contribution in [2.75, 3.05) is 23.4 Å². The Morgan fingerprint density at radius 2 is 1.77 bits per heavy atom. The van der Waals surface area contributed by atoms with Gasteiger partial charge in [0.2, 0.25) is 17.7 Å². The van der Waals surface area contributed by atoms with Crippen LogP contribution in [0, 0.1) is 0 Å². The molecule has 0 fully saturated rings. The summed E-state index contributed by atoms with van der Waals surface area (Å²) in [5, 5.41) is 5.66. The second-order valence-corrected chi connectivity index (χ2v) is 8.13. The predicted octanol–water partition coefficient (Wildman–Crippen LogP) is 2.75. The van der Waals surface area contributed by atoms with Crippen molar-refractivity contribution in [1.29, 1.82) is 0 Å². The minimum Gasteiger partial charge on any atom is -0.476 e. The van der Waals surface area contributed by atoms with Gasteiger partial charge in [-0.15, -0.1) is 0 Å². The summed E-state index contributed by atoms with van der Waals surface area (Å²) in [5.74, 6) is 0.663. The first kappa shape index (κ1) is 24.0. The van der Waals surface area contributed by atoms with E-state index < -0.39 is 0 Å². The number of H-pyrrole nitrogens is 1. The van der Waals surface area contributed by atoms with Gasteiger partial charge in [0.25, 0.3) is 5.91 Å². The summed E-state index contributed by atoms with van der Waals surface area (Å²) in [4.78, 5) is 39.3. The van der Waals surface area contributed by atoms with Crippen LogP contribution in [0.1, 0.15) is 27.9 Å². The van der Waals surface area contributed by atoms with Gasteiger partial charge in [-0.05, 0) is 41.1 Å². The van der Waals surface area contributed by atoms with Crippen LogP contribution in [0.5, 0.6) is 5.88 Å². The third-order valence-electron chi connectivity index (χ3n) is 5.15. The number of aromatic amines is 1. The van der Waals surface area contributed by atoms with Crippen molar-refractivity contribution in [2.24, 2.45) is 0 Å². The molecule has 5 N–H and O–H groups in total. The van der Waals surface area contributed by atoms with E-state index >= 15 is 0 Å². The average Bonchev–Trinajstić information content (AvgIpc) is 3.32. The quantitative estimate of drug-likeness (QED) is 0.214. The van der Waals surface area contributed by atoms with Gasteiger partial charge >= 0.3 is 0 Å². The molecule has 180 valence electrons. The molecular weight excluding hydrogens is 466 g/mol. The fraction of sp³-hybridized carbons (Fsp3) is 0.208. The second kappa shape index (κ2) is 11.3. The molecule has 0 aliphatic heterocycles. The van der Waals surface area contributed by atoms with E-state index in [1.54, 1.807) is 24.3 Å². The molecule has 0 saturated carbocycles. The minimum atomic E-state index is -0.190. The van der Waals surface area contributed by atoms with Gasteiger partial charge in [-0.2, -0.15) is 22.6 Å². The van der Waals surface area contributed by atoms with E-state index in [4.69, 9.17) is 10.5 Å². The number of amides is 2. The highest BCUT2D eigenvalue weighted by molar-refractivity contribution is 7.80. The van der Waals surface area contributed by atoms with Crippen LogP contribution < -0.4 is 21.1 Å². The van der Waals surface area contributed by atoms with Crippen molar-refractivity contribution in [1.82, 2.24) is 25.3 Å². The van der Waals surface area contributed by atoms with Crippen LogP contribution in [0.4, 0.5) is 11.6 Å². The fourth-order valence-corrected chi connectivity index (χ4v) is 3.53. The summed E-state index contributed by atoms with van der Waals surface area (Å²) >= 11 is 4.04. The number of fused-ring (bicyclic) bond motifs is 1. The molecule has 0 bridgehead atoms. The summed E-state index contributed by atoms with van der Waals surface area (Å²) in [6.45, 7) is 0.805. The number of hydrogen-bond acceptors (Lipinski definition) is 8. The zero-order valence-corrected chi connectivity index (χ0v) is 19.7. The van der Waals surface area contributed by atoms with Crippen LogP contribution in [0.25, 0.3) is 11.2 Å². The summed E-state index contributed by atoms with van der Waals surface area (Å²) in [6.07, 6.45) is 2.52. The highest BCUT2D eigenvalue weighted by atomic mass is 32.1. The van der Waals surface area contributed by atoms with Crippen molar-refractivity contribution in [3.63, 3.8) is 0 Å². The van der Waals surface area contributed by atoms with Gasteiger partial charge < -0.3 is 26.1 Å². The molecule has 11 heteroatoms. The van der Waals surface area contributed by atoms with E-state index in [1.807, 2.05) is 24.3 Å². The maximum absolute atomic E-state index is 12.4. The molecule has 0 saturated heterocycles. The van der Waals surface area contributed by atoms with E-state index in [9.17, 15) is 9.59 Å². The van der Waals surface area contributed by atoms with Gasteiger partial charge in [0.15, 0.2) is 5.65 Å². The maximum Gasteiger partial charge on any atom is 0.251 e. The number of nitrogens with two attached hydrogens (primary N) is 1. The molecule has 0 aliphatic rings. The summed E-state index contributed by atoms with van der Waals surface area (Å²) in [5.41, 5.74) is 9.99. The first-order chi connectivity index (χ1) is 17.0. The summed E-state index contributed by atoms with van der Waals surface area (Å²) in [6, 6.07) is 14.7. The lowest BCUT2D eigenvalue weighted by molar-refractivity contribution is -0.115. The normalized spacial score (nSPS) is 10.8. The molecular formula is C24H25N7O3S. The highest BCUT2D eigenvalue weighted by Gasteiger charge is 2.10. The van der Waals surface area contributed by atoms with Crippen LogP contribution in [0.3, 0.4) is 0 Å². The van der Waals surface area contributed by atoms with Crippen molar-refractivity contribution in [3.8, 4) is 5.88 Å². The van der Waals surface area contributed by atoms with E-state index in [-0.39, 0.29) is 17.8 Å². The third kappa shape index (κ3) is 6.48. The lowest BCUT2D eigenvalue weighted by Gasteiger charge is -2.09. The number of thiol groups is 1. The van der Waals surface area contributed by atoms with Crippen LogP contribution in [-0.2, 0) is 17.8 Å². The van der Waals surface area contributed by atoms with Crippen LogP contribution in [0.15, 0.2) is 54.9 Å². The molecule has 4 rings (SSSR count). The van der Waals surface area contributed by atoms with E-state index in [2.05, 4.69) is 43.2 Å². The molecule has 0 spiro atoms. The predicted molar refractivity (Wildman–Crippen MR) is 136 cm³/mol. The number of hydrogen-bond donors (Lipinski definition) is 5. The Bertz CT molecular complexity index is 1310. The molecule has 4 aromatic rings. The SMILES string of the molecule is Nc1nc(OCCc2ccc(CNC(=O)c3ccc(NC(=O)CCS)cc3)cc2)c2[nH]cnc2n1. The van der Waals surface area contributed by atoms with Crippen LogP contribution in [0.2, 0.25) is 0 Å². The summed E-state index contributed by atoms with van der Waals surface area (Å²) in [7, 11) is 0. The fourth-order valence-electron chi connectivity index (χ4n) is 3.33. The van der Waals surface area contributed by atoms with Gasteiger partial charge in [0.05, 0.1) is 12.9 Å². The monoisotopic (exact) mass is 491 g/mol. The van der Waals surface area contributed by atoms with Gasteiger partial charge in [-0.25, -0.2) is 4.98 Å². The first-order valence-corrected chi connectivity index (χ1v) is 11.6. The lowest BCUT2D eigenvalue weighted by atomic mass is 10.1. The maximum atomic E-state index is 12.4. The Morgan fingerprint density at radius 1 is 1.03 bits per heavy atom. The third-order valence-corrected chi connectivity index (χ3v) is 5.37. The zero-order chi connectivity index (χ0) is 24.6. The van der Waals surface area contributed by atoms with E-state index in [1.165, 1.54) is 6.33 Å². The number of carbonyl (C=O) groups is 2. The van der Waals surface area contributed by atoms with Gasteiger partial charge in [0.1, 0.15) is 5.52 Å². The van der Waals surface area contributed by atoms with Gasteiger partial charge in [-0.3, -0.25) is 9.59 Å². The molecule has 2 aromatic carbocycles. The number of aromatic nitrogens is 4. The van der Waals surface area contributed by atoms with Crippen LogP contribution >= 0.6 is 12.6 Å². The number of ether oxygens (including phenoxy) is 1. The Hall–Kier alpha value is -4.12. The number of imidazole rings is 1. The molecule has 0 radical (unpaired) electrons. The number of benzene rings is 2. The number of carbonyl (C=O) groups excluding carboxylic acids is 2. The highest BCUT2D eigenvalue weighted by Crippen LogP contribution is 2.20. The minimum absolute atomic E-state index is 0.109. The lowest BCUT2D eigenvalue weighted by Crippen LogP contribution is -2.22. The largest absolute Gasteiger partial charge is 0.476 e. The zero-order valence-electron chi connectivity index (χ0n) is 18.8. The smallest absolute Gasteiger partial charge is 0.251 e. The van der Waals surface area contributed by atoms with E-state index in [0.29, 0.717) is 60.0 Å². The van der Waals surface area contributed by atoms with E-state index in [0.717, 1.165) is 11.1 Å². The Labute approximate surface area is 207 Å². The van der Waals surface area contributed by atoms with Crippen molar-refractivity contribution in [2.45, 2.75) is 19.4 Å².